The zero-order valence-electron chi connectivity index (χ0n) is 17.9. The summed E-state index contributed by atoms with van der Waals surface area (Å²) >= 11 is 1.28. The zero-order chi connectivity index (χ0) is 24.5. The molecule has 0 unspecified atom stereocenters. The molecule has 0 radical (unpaired) electrons. The van der Waals surface area contributed by atoms with Gasteiger partial charge in [0, 0.05) is 36.0 Å². The molecule has 2 heterocycles. The molecule has 3 aromatic rings. The lowest BCUT2D eigenvalue weighted by Crippen LogP contribution is -2.55. The summed E-state index contributed by atoms with van der Waals surface area (Å²) in [6.45, 7) is 2.12. The molecule has 0 aliphatic heterocycles. The Morgan fingerprint density at radius 3 is 2.58 bits per heavy atom. The summed E-state index contributed by atoms with van der Waals surface area (Å²) in [7, 11) is -4.36. The van der Waals surface area contributed by atoms with Crippen molar-refractivity contribution in [3.05, 3.63) is 50.8 Å². The molecule has 33 heavy (non-hydrogen) atoms. The summed E-state index contributed by atoms with van der Waals surface area (Å²) in [5.74, 6) is -0.721. The SMILES string of the molecule is CCn1nccc1-c1cc2c(=O)n(N(C(=O)CCSC)S(C)(=O)=O)c(=O)[nH]c2cc1C(F)F. The number of aryl methyl sites for hydroxylation is 1. The highest BCUT2D eigenvalue weighted by Gasteiger charge is 2.29. The molecule has 0 saturated carbocycles. The molecule has 0 saturated heterocycles. The highest BCUT2D eigenvalue weighted by molar-refractivity contribution is 7.98. The number of nitrogens with one attached hydrogen (secondary N) is 1. The highest BCUT2D eigenvalue weighted by atomic mass is 32.2. The third-order valence-corrected chi connectivity index (χ3v) is 6.41. The van der Waals surface area contributed by atoms with Crippen molar-refractivity contribution in [2.75, 3.05) is 22.7 Å². The van der Waals surface area contributed by atoms with Crippen LogP contribution in [-0.4, -0.2) is 52.0 Å². The molecule has 1 N–H and O–H groups in total. The van der Waals surface area contributed by atoms with Gasteiger partial charge in [0.1, 0.15) is 0 Å². The summed E-state index contributed by atoms with van der Waals surface area (Å²) in [5, 5.41) is 3.81. The third kappa shape index (κ3) is 4.71. The van der Waals surface area contributed by atoms with Gasteiger partial charge in [-0.05, 0) is 31.4 Å². The van der Waals surface area contributed by atoms with Gasteiger partial charge in [-0.1, -0.05) is 0 Å². The molecule has 178 valence electrons. The van der Waals surface area contributed by atoms with E-state index in [1.165, 1.54) is 28.7 Å². The number of fused-ring (bicyclic) bond motifs is 1. The number of halogens is 2. The second kappa shape index (κ2) is 9.47. The van der Waals surface area contributed by atoms with Gasteiger partial charge in [-0.15, -0.1) is 9.09 Å². The number of carbonyl (C=O) groups excluding carboxylic acids is 1. The van der Waals surface area contributed by atoms with Crippen LogP contribution in [0.3, 0.4) is 0 Å². The van der Waals surface area contributed by atoms with Crippen molar-refractivity contribution in [1.82, 2.24) is 19.4 Å². The lowest BCUT2D eigenvalue weighted by atomic mass is 10.0. The Morgan fingerprint density at radius 2 is 2.00 bits per heavy atom. The first-order valence-electron chi connectivity index (χ1n) is 9.66. The van der Waals surface area contributed by atoms with Gasteiger partial charge in [-0.25, -0.2) is 22.0 Å². The van der Waals surface area contributed by atoms with Gasteiger partial charge in [-0.2, -0.15) is 16.9 Å². The number of H-pyrrole nitrogens is 1. The fraction of sp³-hybridized carbons (Fsp3) is 0.368. The molecule has 10 nitrogen and oxygen atoms in total. The zero-order valence-corrected chi connectivity index (χ0v) is 19.5. The average molecular weight is 502 g/mol. The van der Waals surface area contributed by atoms with E-state index in [1.54, 1.807) is 13.2 Å². The molecule has 1 amide bonds. The van der Waals surface area contributed by atoms with Crippen LogP contribution in [0, 0.1) is 0 Å². The van der Waals surface area contributed by atoms with Gasteiger partial charge in [0.15, 0.2) is 0 Å². The van der Waals surface area contributed by atoms with Gasteiger partial charge in [0.2, 0.25) is 0 Å². The van der Waals surface area contributed by atoms with Crippen LogP contribution in [0.1, 0.15) is 25.3 Å². The number of rotatable bonds is 8. The van der Waals surface area contributed by atoms with Crippen molar-refractivity contribution in [3.8, 4) is 11.3 Å². The number of hydrogen-bond acceptors (Lipinski definition) is 7. The first kappa shape index (κ1) is 24.6. The molecule has 1 aromatic carbocycles. The van der Waals surface area contributed by atoms with Crippen LogP contribution in [0.5, 0.6) is 0 Å². The van der Waals surface area contributed by atoms with Crippen LogP contribution >= 0.6 is 11.8 Å². The van der Waals surface area contributed by atoms with E-state index in [0.29, 0.717) is 18.5 Å². The van der Waals surface area contributed by atoms with Crippen LogP contribution in [-0.2, 0) is 21.4 Å². The monoisotopic (exact) mass is 501 g/mol. The largest absolute Gasteiger partial charge is 0.349 e. The van der Waals surface area contributed by atoms with Gasteiger partial charge in [0.05, 0.1) is 22.9 Å². The maximum absolute atomic E-state index is 13.8. The Hall–Kier alpha value is -3.00. The molecule has 0 spiro atoms. The van der Waals surface area contributed by atoms with Gasteiger partial charge in [0.25, 0.3) is 27.9 Å². The first-order chi connectivity index (χ1) is 15.5. The minimum Gasteiger partial charge on any atom is -0.305 e. The Balaban J connectivity index is 2.36. The van der Waals surface area contributed by atoms with Gasteiger partial charge in [-0.3, -0.25) is 14.3 Å². The van der Waals surface area contributed by atoms with Crippen molar-refractivity contribution in [1.29, 1.82) is 0 Å². The van der Waals surface area contributed by atoms with Crippen LogP contribution in [0.15, 0.2) is 34.0 Å². The smallest absolute Gasteiger partial charge is 0.305 e. The topological polar surface area (TPSA) is 127 Å². The van der Waals surface area contributed by atoms with Crippen LogP contribution in [0.4, 0.5) is 8.78 Å². The maximum atomic E-state index is 13.8. The number of sulfonamides is 1. The van der Waals surface area contributed by atoms with Crippen LogP contribution < -0.4 is 15.7 Å². The first-order valence-corrected chi connectivity index (χ1v) is 12.9. The molecule has 0 aliphatic carbocycles. The molecule has 14 heteroatoms. The normalized spacial score (nSPS) is 11.9. The van der Waals surface area contributed by atoms with Crippen molar-refractivity contribution in [2.45, 2.75) is 26.3 Å². The third-order valence-electron chi connectivity index (χ3n) is 4.80. The van der Waals surface area contributed by atoms with E-state index >= 15 is 0 Å². The maximum Gasteiger partial charge on any atom is 0.349 e. The average Bonchev–Trinajstić information content (AvgIpc) is 3.21. The predicted octanol–water partition coefficient (Wildman–Crippen LogP) is 1.69. The number of carbonyl (C=O) groups is 1. The van der Waals surface area contributed by atoms with Gasteiger partial charge >= 0.3 is 5.69 Å². The van der Waals surface area contributed by atoms with E-state index < -0.39 is 39.2 Å². The number of aromatic nitrogens is 4. The minimum absolute atomic E-state index is 0.00726. The van der Waals surface area contributed by atoms with Crippen molar-refractivity contribution in [3.63, 3.8) is 0 Å². The Morgan fingerprint density at radius 1 is 1.30 bits per heavy atom. The van der Waals surface area contributed by atoms with Crippen molar-refractivity contribution in [2.24, 2.45) is 0 Å². The lowest BCUT2D eigenvalue weighted by Gasteiger charge is -2.21. The second-order valence-electron chi connectivity index (χ2n) is 7.01. The molecule has 3 rings (SSSR count). The summed E-state index contributed by atoms with van der Waals surface area (Å²) < 4.78 is 54.1. The fourth-order valence-electron chi connectivity index (χ4n) is 3.38. The quantitative estimate of drug-likeness (QED) is 0.498. The number of thioether (sulfide) groups is 1. The number of alkyl halides is 2. The molecule has 0 atom stereocenters. The predicted molar refractivity (Wildman–Crippen MR) is 122 cm³/mol. The van der Waals surface area contributed by atoms with Crippen LogP contribution in [0.2, 0.25) is 0 Å². The number of benzene rings is 1. The number of nitrogens with zero attached hydrogens (tertiary/aromatic N) is 4. The van der Waals surface area contributed by atoms with Crippen molar-refractivity contribution >= 4 is 38.6 Å². The standard InChI is InChI=1S/C19H21F2N5O5S2/c1-4-24-15(5-7-22-24)11-9-13-14(10-12(11)17(20)21)23-19(29)25(18(13)28)26(33(3,30)31)16(27)6-8-32-2/h5,7,9-10,17H,4,6,8H2,1-3H3,(H,23,29). The molecule has 0 aliphatic rings. The number of hydrogen-bond donors (Lipinski definition) is 1. The van der Waals surface area contributed by atoms with E-state index in [0.717, 1.165) is 12.1 Å². The summed E-state index contributed by atoms with van der Waals surface area (Å²) in [6, 6.07) is 3.60. The number of aromatic amines is 1. The second-order valence-corrected chi connectivity index (χ2v) is 9.81. The Kier molecular flexibility index (Phi) is 7.07. The van der Waals surface area contributed by atoms with E-state index in [1.807, 2.05) is 0 Å². The van der Waals surface area contributed by atoms with E-state index in [2.05, 4.69) is 10.1 Å². The summed E-state index contributed by atoms with van der Waals surface area (Å²) in [4.78, 5) is 40.7. The molecule has 0 bridgehead atoms. The van der Waals surface area contributed by atoms with E-state index in [9.17, 15) is 31.6 Å². The molecular weight excluding hydrogens is 480 g/mol. The number of amides is 1. The summed E-state index contributed by atoms with van der Waals surface area (Å²) in [6.07, 6.45) is 0.625. The Labute approximate surface area is 191 Å². The van der Waals surface area contributed by atoms with Crippen LogP contribution in [0.25, 0.3) is 22.2 Å². The fourth-order valence-corrected chi connectivity index (χ4v) is 4.67. The molecule has 0 fully saturated rings. The van der Waals surface area contributed by atoms with Gasteiger partial charge < -0.3 is 4.98 Å². The molecular formula is C19H21F2N5O5S2. The van der Waals surface area contributed by atoms with E-state index in [4.69, 9.17) is 0 Å². The van der Waals surface area contributed by atoms with Crippen molar-refractivity contribution < 1.29 is 22.0 Å². The lowest BCUT2D eigenvalue weighted by molar-refractivity contribution is -0.118. The highest BCUT2D eigenvalue weighted by Crippen LogP contribution is 2.33. The van der Waals surface area contributed by atoms with E-state index in [-0.39, 0.29) is 37.7 Å². The summed E-state index contributed by atoms with van der Waals surface area (Å²) in [5.41, 5.74) is -2.74. The Bertz CT molecular complexity index is 1430. The minimum atomic E-state index is -4.36. The molecule has 2 aromatic heterocycles.